The molecular weight excluding hydrogens is 272 g/mol. The highest BCUT2D eigenvalue weighted by Gasteiger charge is 2.13. The Labute approximate surface area is 103 Å². The molecule has 0 saturated heterocycles. The Bertz CT molecular complexity index is 407. The molecule has 0 aromatic heterocycles. The van der Waals surface area contributed by atoms with Crippen molar-refractivity contribution in [3.8, 4) is 0 Å². The topological polar surface area (TPSA) is 75.4 Å². The van der Waals surface area contributed by atoms with Gasteiger partial charge in [-0.05, 0) is 31.5 Å². The van der Waals surface area contributed by atoms with Crippen molar-refractivity contribution >= 4 is 27.5 Å². The number of benzene rings is 1. The molecule has 1 aromatic carbocycles. The molecule has 0 aliphatic rings. The van der Waals surface area contributed by atoms with Gasteiger partial charge in [-0.3, -0.25) is 4.79 Å². The predicted octanol–water partition coefficient (Wildman–Crippen LogP) is 1.45. The molecule has 4 N–H and O–H groups in total. The van der Waals surface area contributed by atoms with Gasteiger partial charge in [0.05, 0.1) is 6.61 Å². The van der Waals surface area contributed by atoms with Crippen LogP contribution in [0.5, 0.6) is 0 Å². The van der Waals surface area contributed by atoms with Crippen molar-refractivity contribution in [2.75, 3.05) is 12.3 Å². The summed E-state index contributed by atoms with van der Waals surface area (Å²) in [5.41, 5.74) is 7.59. The summed E-state index contributed by atoms with van der Waals surface area (Å²) < 4.78 is 0.761. The Hall–Kier alpha value is -1.07. The lowest BCUT2D eigenvalue weighted by Crippen LogP contribution is -2.35. The summed E-state index contributed by atoms with van der Waals surface area (Å²) in [4.78, 5) is 11.8. The predicted molar refractivity (Wildman–Crippen MR) is 67.3 cm³/mol. The van der Waals surface area contributed by atoms with E-state index in [0.717, 1.165) is 10.0 Å². The average Bonchev–Trinajstić information content (AvgIpc) is 2.22. The Morgan fingerprint density at radius 2 is 2.25 bits per heavy atom. The molecule has 88 valence electrons. The molecule has 0 fully saturated rings. The number of hydrogen-bond donors (Lipinski definition) is 3. The lowest BCUT2D eigenvalue weighted by molar-refractivity contribution is 0.0921. The molecule has 1 aromatic rings. The summed E-state index contributed by atoms with van der Waals surface area (Å²) in [7, 11) is 0. The van der Waals surface area contributed by atoms with Crippen molar-refractivity contribution in [1.29, 1.82) is 0 Å². The van der Waals surface area contributed by atoms with E-state index in [-0.39, 0.29) is 18.6 Å². The van der Waals surface area contributed by atoms with E-state index in [9.17, 15) is 4.79 Å². The van der Waals surface area contributed by atoms with Gasteiger partial charge in [-0.1, -0.05) is 15.9 Å². The first-order chi connectivity index (χ1) is 7.45. The first kappa shape index (κ1) is 13.0. The lowest BCUT2D eigenvalue weighted by Gasteiger charge is -2.13. The molecule has 5 heteroatoms. The van der Waals surface area contributed by atoms with Crippen molar-refractivity contribution in [3.05, 3.63) is 27.7 Å². The van der Waals surface area contributed by atoms with Crippen LogP contribution in [-0.4, -0.2) is 23.7 Å². The van der Waals surface area contributed by atoms with E-state index in [1.807, 2.05) is 0 Å². The van der Waals surface area contributed by atoms with Crippen LogP contribution in [0.3, 0.4) is 0 Å². The van der Waals surface area contributed by atoms with Crippen LogP contribution in [0.15, 0.2) is 16.6 Å². The van der Waals surface area contributed by atoms with Crippen LogP contribution in [0, 0.1) is 6.92 Å². The fraction of sp³-hybridized carbons (Fsp3) is 0.364. The monoisotopic (exact) mass is 286 g/mol. The molecule has 0 saturated carbocycles. The maximum atomic E-state index is 11.8. The summed E-state index contributed by atoms with van der Waals surface area (Å²) >= 11 is 3.29. The second-order valence-corrected chi connectivity index (χ2v) is 4.64. The van der Waals surface area contributed by atoms with Gasteiger partial charge in [-0.15, -0.1) is 0 Å². The van der Waals surface area contributed by atoms with E-state index in [2.05, 4.69) is 21.2 Å². The fourth-order valence-electron chi connectivity index (χ4n) is 1.28. The Morgan fingerprint density at radius 3 is 2.81 bits per heavy atom. The van der Waals surface area contributed by atoms with Crippen LogP contribution in [-0.2, 0) is 0 Å². The number of carbonyl (C=O) groups excluding carboxylic acids is 1. The number of carbonyl (C=O) groups is 1. The fourth-order valence-corrected chi connectivity index (χ4v) is 1.76. The van der Waals surface area contributed by atoms with E-state index in [4.69, 9.17) is 10.8 Å². The first-order valence-electron chi connectivity index (χ1n) is 4.93. The number of nitrogens with two attached hydrogens (primary N) is 1. The zero-order valence-electron chi connectivity index (χ0n) is 9.25. The number of aliphatic hydroxyl groups excluding tert-OH is 1. The zero-order valence-corrected chi connectivity index (χ0v) is 10.8. The van der Waals surface area contributed by atoms with Gasteiger partial charge in [0.1, 0.15) is 0 Å². The number of nitrogen functional groups attached to an aromatic ring is 1. The van der Waals surface area contributed by atoms with E-state index in [0.29, 0.717) is 11.3 Å². The zero-order chi connectivity index (χ0) is 12.3. The van der Waals surface area contributed by atoms with Gasteiger partial charge in [0.15, 0.2) is 0 Å². The summed E-state index contributed by atoms with van der Waals surface area (Å²) in [5.74, 6) is -0.230. The van der Waals surface area contributed by atoms with Crippen molar-refractivity contribution in [2.24, 2.45) is 0 Å². The summed E-state index contributed by atoms with van der Waals surface area (Å²) in [6, 6.07) is 3.19. The molecule has 0 aliphatic heterocycles. The van der Waals surface area contributed by atoms with E-state index in [1.54, 1.807) is 26.0 Å². The molecule has 0 heterocycles. The smallest absolute Gasteiger partial charge is 0.251 e. The highest BCUT2D eigenvalue weighted by atomic mass is 79.9. The second kappa shape index (κ2) is 5.32. The minimum absolute atomic E-state index is 0.0890. The Kier molecular flexibility index (Phi) is 4.32. The van der Waals surface area contributed by atoms with Gasteiger partial charge in [0.2, 0.25) is 0 Å². The quantitative estimate of drug-likeness (QED) is 0.736. The largest absolute Gasteiger partial charge is 0.398 e. The standard InChI is InChI=1S/C11H15BrN2O2/c1-6(5-15)14-11(16)9-3-8(12)4-10(13)7(9)2/h3-4,6,15H,5,13H2,1-2H3,(H,14,16). The van der Waals surface area contributed by atoms with Gasteiger partial charge < -0.3 is 16.2 Å². The van der Waals surface area contributed by atoms with Crippen LogP contribution in [0.4, 0.5) is 5.69 Å². The molecule has 4 nitrogen and oxygen atoms in total. The average molecular weight is 287 g/mol. The Morgan fingerprint density at radius 1 is 1.62 bits per heavy atom. The molecule has 0 spiro atoms. The molecule has 1 atom stereocenters. The molecule has 16 heavy (non-hydrogen) atoms. The maximum absolute atomic E-state index is 11.8. The van der Waals surface area contributed by atoms with Crippen LogP contribution >= 0.6 is 15.9 Å². The minimum Gasteiger partial charge on any atom is -0.398 e. The van der Waals surface area contributed by atoms with E-state index in [1.165, 1.54) is 0 Å². The number of nitrogens with one attached hydrogen (secondary N) is 1. The normalized spacial score (nSPS) is 12.2. The van der Waals surface area contributed by atoms with Crippen LogP contribution in [0.25, 0.3) is 0 Å². The van der Waals surface area contributed by atoms with Crippen LogP contribution in [0.1, 0.15) is 22.8 Å². The summed E-state index contributed by atoms with van der Waals surface area (Å²) in [6.45, 7) is 3.43. The molecular formula is C11H15BrN2O2. The maximum Gasteiger partial charge on any atom is 0.251 e. The second-order valence-electron chi connectivity index (χ2n) is 3.72. The molecule has 1 unspecified atom stereocenters. The van der Waals surface area contributed by atoms with Gasteiger partial charge >= 0.3 is 0 Å². The van der Waals surface area contributed by atoms with Gasteiger partial charge in [0.25, 0.3) is 5.91 Å². The number of amides is 1. The van der Waals surface area contributed by atoms with Crippen molar-refractivity contribution in [3.63, 3.8) is 0 Å². The third kappa shape index (κ3) is 2.96. The highest BCUT2D eigenvalue weighted by molar-refractivity contribution is 9.10. The van der Waals surface area contributed by atoms with Crippen molar-refractivity contribution in [2.45, 2.75) is 19.9 Å². The first-order valence-corrected chi connectivity index (χ1v) is 5.72. The number of aliphatic hydroxyl groups is 1. The van der Waals surface area contributed by atoms with Crippen molar-refractivity contribution < 1.29 is 9.90 Å². The number of rotatable bonds is 3. The molecule has 1 amide bonds. The molecule has 1 rings (SSSR count). The lowest BCUT2D eigenvalue weighted by atomic mass is 10.1. The molecule has 0 aliphatic carbocycles. The SMILES string of the molecule is Cc1c(N)cc(Br)cc1C(=O)NC(C)CO. The van der Waals surface area contributed by atoms with Gasteiger partial charge in [-0.25, -0.2) is 0 Å². The number of anilines is 1. The minimum atomic E-state index is -0.271. The number of hydrogen-bond acceptors (Lipinski definition) is 3. The van der Waals surface area contributed by atoms with E-state index >= 15 is 0 Å². The van der Waals surface area contributed by atoms with E-state index < -0.39 is 0 Å². The molecule has 0 radical (unpaired) electrons. The Balaban J connectivity index is 2.99. The highest BCUT2D eigenvalue weighted by Crippen LogP contribution is 2.22. The number of halogens is 1. The van der Waals surface area contributed by atoms with Gasteiger partial charge in [-0.2, -0.15) is 0 Å². The molecule has 0 bridgehead atoms. The van der Waals surface area contributed by atoms with Gasteiger partial charge in [0, 0.05) is 21.8 Å². The van der Waals surface area contributed by atoms with Crippen LogP contribution < -0.4 is 11.1 Å². The summed E-state index contributed by atoms with van der Waals surface area (Å²) in [6.07, 6.45) is 0. The van der Waals surface area contributed by atoms with Crippen LogP contribution in [0.2, 0.25) is 0 Å². The van der Waals surface area contributed by atoms with Crippen molar-refractivity contribution in [1.82, 2.24) is 5.32 Å². The third-order valence-corrected chi connectivity index (χ3v) is 2.77. The third-order valence-electron chi connectivity index (χ3n) is 2.31. The summed E-state index contributed by atoms with van der Waals surface area (Å²) in [5, 5.41) is 11.5.